The standard InChI is InChI=1S/C30H40N2O8S/c1-4-41-18-8-17-39-30(29(37)38-3)19-25(35)26(32-20(2)33)27(40-30)24(34)15-16-31-28(36)23-13-11-22(12-14-23)21-9-6-5-7-10-21/h5-7,9-14,24-27,34-35H,4,8,15-19H2,1-3H3,(H,31,36)(H,32,33)/t24-,25+,26-,27?,30-/m1/s1. The summed E-state index contributed by atoms with van der Waals surface area (Å²) >= 11 is 1.72. The summed E-state index contributed by atoms with van der Waals surface area (Å²) in [5.74, 6) is -1.80. The first-order valence-corrected chi connectivity index (χ1v) is 14.9. The zero-order chi connectivity index (χ0) is 29.8. The molecule has 2 aromatic carbocycles. The smallest absolute Gasteiger partial charge is 0.366 e. The minimum absolute atomic E-state index is 0.0195. The van der Waals surface area contributed by atoms with Crippen molar-refractivity contribution < 1.29 is 38.8 Å². The third-order valence-corrected chi connectivity index (χ3v) is 7.76. The molecule has 10 nitrogen and oxygen atoms in total. The Morgan fingerprint density at radius 2 is 1.80 bits per heavy atom. The van der Waals surface area contributed by atoms with E-state index in [1.807, 2.05) is 49.4 Å². The largest absolute Gasteiger partial charge is 0.465 e. The van der Waals surface area contributed by atoms with Gasteiger partial charge in [0.15, 0.2) is 0 Å². The maximum absolute atomic E-state index is 12.8. The van der Waals surface area contributed by atoms with Crippen LogP contribution in [-0.2, 0) is 23.8 Å². The summed E-state index contributed by atoms with van der Waals surface area (Å²) in [6, 6.07) is 16.0. The minimum atomic E-state index is -1.95. The number of amides is 2. The maximum Gasteiger partial charge on any atom is 0.366 e. The topological polar surface area (TPSA) is 143 Å². The number of carbonyl (C=O) groups excluding carboxylic acids is 3. The Hall–Kier alpha value is -2.96. The van der Waals surface area contributed by atoms with Crippen molar-refractivity contribution in [1.82, 2.24) is 10.6 Å². The quantitative estimate of drug-likeness (QED) is 0.193. The van der Waals surface area contributed by atoms with Gasteiger partial charge in [-0.15, -0.1) is 0 Å². The van der Waals surface area contributed by atoms with E-state index in [9.17, 15) is 24.6 Å². The lowest BCUT2D eigenvalue weighted by atomic mass is 9.89. The third-order valence-electron chi connectivity index (χ3n) is 6.77. The van der Waals surface area contributed by atoms with E-state index in [1.54, 1.807) is 23.9 Å². The molecule has 0 aromatic heterocycles. The molecule has 1 aliphatic rings. The van der Waals surface area contributed by atoms with Gasteiger partial charge in [-0.3, -0.25) is 9.59 Å². The summed E-state index contributed by atoms with van der Waals surface area (Å²) in [6.07, 6.45) is -3.39. The lowest BCUT2D eigenvalue weighted by molar-refractivity contribution is -0.307. The Labute approximate surface area is 245 Å². The van der Waals surface area contributed by atoms with Crippen molar-refractivity contribution in [2.75, 3.05) is 31.8 Å². The lowest BCUT2D eigenvalue weighted by Gasteiger charge is -2.46. The van der Waals surface area contributed by atoms with Crippen LogP contribution in [0.1, 0.15) is 43.5 Å². The number of thioether (sulfide) groups is 1. The number of rotatable bonds is 14. The van der Waals surface area contributed by atoms with Crippen molar-refractivity contribution in [3.05, 3.63) is 60.2 Å². The second-order valence-corrected chi connectivity index (χ2v) is 11.2. The molecule has 1 fully saturated rings. The first-order valence-electron chi connectivity index (χ1n) is 13.8. The molecule has 2 aromatic rings. The Morgan fingerprint density at radius 1 is 1.12 bits per heavy atom. The van der Waals surface area contributed by atoms with Gasteiger partial charge >= 0.3 is 5.97 Å². The van der Waals surface area contributed by atoms with Crippen LogP contribution in [0.2, 0.25) is 0 Å². The van der Waals surface area contributed by atoms with Crippen molar-refractivity contribution in [2.24, 2.45) is 0 Å². The molecule has 3 rings (SSSR count). The summed E-state index contributed by atoms with van der Waals surface area (Å²) in [5, 5.41) is 27.4. The number of aliphatic hydroxyl groups is 2. The lowest BCUT2D eigenvalue weighted by Crippen LogP contribution is -2.66. The summed E-state index contributed by atoms with van der Waals surface area (Å²) in [6.45, 7) is 3.56. The van der Waals surface area contributed by atoms with Crippen LogP contribution < -0.4 is 10.6 Å². The number of methoxy groups -OCH3 is 1. The highest BCUT2D eigenvalue weighted by atomic mass is 32.2. The van der Waals surface area contributed by atoms with Gasteiger partial charge in [0.1, 0.15) is 6.10 Å². The van der Waals surface area contributed by atoms with E-state index >= 15 is 0 Å². The van der Waals surface area contributed by atoms with Crippen molar-refractivity contribution in [2.45, 2.75) is 63.3 Å². The minimum Gasteiger partial charge on any atom is -0.465 e. The van der Waals surface area contributed by atoms with Gasteiger partial charge in [-0.05, 0) is 47.6 Å². The van der Waals surface area contributed by atoms with Gasteiger partial charge in [-0.2, -0.15) is 11.8 Å². The number of aliphatic hydroxyl groups excluding tert-OH is 2. The SMILES string of the molecule is CCSCCCO[C@]1(C(=O)OC)C[C@H](O)[C@@H](NC(C)=O)C([C@H](O)CCNC(=O)c2ccc(-c3ccccc3)cc2)O1. The number of esters is 1. The number of carbonyl (C=O) groups is 3. The van der Waals surface area contributed by atoms with Crippen LogP contribution in [0, 0.1) is 0 Å². The zero-order valence-electron chi connectivity index (χ0n) is 23.7. The van der Waals surface area contributed by atoms with Gasteiger partial charge in [-0.1, -0.05) is 49.4 Å². The van der Waals surface area contributed by atoms with Gasteiger partial charge in [-0.25, -0.2) is 4.79 Å². The molecular formula is C30H40N2O8S. The van der Waals surface area contributed by atoms with Crippen molar-refractivity contribution >= 4 is 29.5 Å². The van der Waals surface area contributed by atoms with Crippen LogP contribution in [0.3, 0.4) is 0 Å². The predicted molar refractivity (Wildman–Crippen MR) is 156 cm³/mol. The van der Waals surface area contributed by atoms with E-state index in [4.69, 9.17) is 14.2 Å². The van der Waals surface area contributed by atoms with Crippen LogP contribution in [0.15, 0.2) is 54.6 Å². The average molecular weight is 589 g/mol. The number of hydrogen-bond acceptors (Lipinski definition) is 9. The summed E-state index contributed by atoms with van der Waals surface area (Å²) in [5.41, 5.74) is 2.48. The van der Waals surface area contributed by atoms with E-state index in [0.717, 1.165) is 22.6 Å². The molecule has 2 amide bonds. The van der Waals surface area contributed by atoms with E-state index in [2.05, 4.69) is 10.6 Å². The molecule has 0 spiro atoms. The van der Waals surface area contributed by atoms with E-state index in [0.29, 0.717) is 12.0 Å². The molecule has 11 heteroatoms. The first kappa shape index (κ1) is 32.6. The van der Waals surface area contributed by atoms with Crippen LogP contribution >= 0.6 is 11.8 Å². The van der Waals surface area contributed by atoms with Gasteiger partial charge < -0.3 is 35.1 Å². The van der Waals surface area contributed by atoms with Gasteiger partial charge in [0.05, 0.1) is 32.0 Å². The van der Waals surface area contributed by atoms with Crippen LogP contribution in [-0.4, -0.2) is 89.9 Å². The van der Waals surface area contributed by atoms with Crippen molar-refractivity contribution in [3.8, 4) is 11.1 Å². The van der Waals surface area contributed by atoms with Gasteiger partial charge in [0.25, 0.3) is 11.7 Å². The summed E-state index contributed by atoms with van der Waals surface area (Å²) in [7, 11) is 1.18. The third kappa shape index (κ3) is 9.01. The average Bonchev–Trinajstić information content (AvgIpc) is 2.98. The number of ether oxygens (including phenoxy) is 3. The van der Waals surface area contributed by atoms with E-state index in [-0.39, 0.29) is 31.9 Å². The Bertz CT molecular complexity index is 1130. The van der Waals surface area contributed by atoms with Crippen molar-refractivity contribution in [3.63, 3.8) is 0 Å². The molecule has 41 heavy (non-hydrogen) atoms. The monoisotopic (exact) mass is 588 g/mol. The fourth-order valence-electron chi connectivity index (χ4n) is 4.72. The molecule has 1 saturated heterocycles. The van der Waals surface area contributed by atoms with Crippen LogP contribution in [0.4, 0.5) is 0 Å². The van der Waals surface area contributed by atoms with Gasteiger partial charge in [0, 0.05) is 25.5 Å². The van der Waals surface area contributed by atoms with Crippen molar-refractivity contribution in [1.29, 1.82) is 0 Å². The summed E-state index contributed by atoms with van der Waals surface area (Å²) < 4.78 is 16.8. The molecule has 5 atom stereocenters. The Morgan fingerprint density at radius 3 is 2.44 bits per heavy atom. The maximum atomic E-state index is 12.8. The normalized spacial score (nSPS) is 22.9. The first-order chi connectivity index (χ1) is 19.7. The summed E-state index contributed by atoms with van der Waals surface area (Å²) in [4.78, 5) is 37.4. The number of hydrogen-bond donors (Lipinski definition) is 4. The molecule has 224 valence electrons. The number of nitrogens with one attached hydrogen (secondary N) is 2. The molecule has 1 unspecified atom stereocenters. The molecule has 0 bridgehead atoms. The fourth-order valence-corrected chi connectivity index (χ4v) is 5.33. The molecular weight excluding hydrogens is 548 g/mol. The van der Waals surface area contributed by atoms with Gasteiger partial charge in [0.2, 0.25) is 5.91 Å². The molecule has 0 aliphatic carbocycles. The molecule has 1 heterocycles. The second-order valence-electron chi connectivity index (χ2n) is 9.78. The highest BCUT2D eigenvalue weighted by Gasteiger charge is 2.55. The highest BCUT2D eigenvalue weighted by Crippen LogP contribution is 2.34. The predicted octanol–water partition coefficient (Wildman–Crippen LogP) is 2.52. The Balaban J connectivity index is 1.66. The van der Waals surface area contributed by atoms with Crippen LogP contribution in [0.5, 0.6) is 0 Å². The second kappa shape index (κ2) is 15.9. The molecule has 4 N–H and O–H groups in total. The van der Waals surface area contributed by atoms with E-state index < -0.39 is 42.0 Å². The molecule has 0 radical (unpaired) electrons. The van der Waals surface area contributed by atoms with E-state index in [1.165, 1.54) is 14.0 Å². The highest BCUT2D eigenvalue weighted by molar-refractivity contribution is 7.99. The van der Waals surface area contributed by atoms with Crippen LogP contribution in [0.25, 0.3) is 11.1 Å². The number of benzene rings is 2. The zero-order valence-corrected chi connectivity index (χ0v) is 24.5. The molecule has 1 aliphatic heterocycles. The fraction of sp³-hybridized carbons (Fsp3) is 0.500. The Kier molecular flexibility index (Phi) is 12.6. The molecule has 0 saturated carbocycles.